The predicted molar refractivity (Wildman–Crippen MR) is 60.1 cm³/mol. The van der Waals surface area contributed by atoms with E-state index in [0.717, 1.165) is 6.20 Å². The van der Waals surface area contributed by atoms with Crippen LogP contribution in [0.25, 0.3) is 0 Å². The summed E-state index contributed by atoms with van der Waals surface area (Å²) in [6.07, 6.45) is 4.36. The van der Waals surface area contributed by atoms with Crippen LogP contribution in [0.15, 0.2) is 30.7 Å². The van der Waals surface area contributed by atoms with E-state index in [1.807, 2.05) is 0 Å². The molecule has 0 bridgehead atoms. The van der Waals surface area contributed by atoms with Crippen molar-refractivity contribution in [2.24, 2.45) is 0 Å². The minimum Gasteiger partial charge on any atom is -0.481 e. The Morgan fingerprint density at radius 3 is 2.76 bits per heavy atom. The van der Waals surface area contributed by atoms with Gasteiger partial charge < -0.3 is 10.1 Å². The van der Waals surface area contributed by atoms with E-state index in [1.165, 1.54) is 13.2 Å². The zero-order chi connectivity index (χ0) is 12.1. The molecule has 88 valence electrons. The molecule has 0 fully saturated rings. The van der Waals surface area contributed by atoms with E-state index < -0.39 is 5.82 Å². The number of pyridine rings is 1. The first-order valence-corrected chi connectivity index (χ1v) is 4.99. The summed E-state index contributed by atoms with van der Waals surface area (Å²) in [5, 5.41) is 2.95. The van der Waals surface area contributed by atoms with E-state index in [1.54, 1.807) is 18.5 Å². The van der Waals surface area contributed by atoms with E-state index in [-0.39, 0.29) is 0 Å². The van der Waals surface area contributed by atoms with E-state index >= 15 is 0 Å². The minimum absolute atomic E-state index is 0.345. The number of methoxy groups -OCH3 is 1. The van der Waals surface area contributed by atoms with E-state index in [2.05, 4.69) is 20.3 Å². The Balaban J connectivity index is 2.11. The van der Waals surface area contributed by atoms with Crippen molar-refractivity contribution in [2.75, 3.05) is 12.4 Å². The van der Waals surface area contributed by atoms with E-state index in [4.69, 9.17) is 4.74 Å². The highest BCUT2D eigenvalue weighted by Gasteiger charge is 2.06. The predicted octanol–water partition coefficient (Wildman–Crippen LogP) is 1.63. The van der Waals surface area contributed by atoms with Crippen LogP contribution in [0.5, 0.6) is 5.88 Å². The van der Waals surface area contributed by atoms with Crippen molar-refractivity contribution in [1.29, 1.82) is 0 Å². The fourth-order valence-corrected chi connectivity index (χ4v) is 1.34. The third-order valence-electron chi connectivity index (χ3n) is 2.09. The van der Waals surface area contributed by atoms with Gasteiger partial charge in [-0.3, -0.25) is 0 Å². The van der Waals surface area contributed by atoms with Gasteiger partial charge in [-0.25, -0.2) is 19.3 Å². The van der Waals surface area contributed by atoms with Crippen LogP contribution in [0.2, 0.25) is 0 Å². The van der Waals surface area contributed by atoms with Crippen molar-refractivity contribution in [2.45, 2.75) is 6.54 Å². The second-order valence-electron chi connectivity index (χ2n) is 3.25. The molecule has 5 nitrogen and oxygen atoms in total. The van der Waals surface area contributed by atoms with Crippen LogP contribution in [0.4, 0.5) is 10.3 Å². The van der Waals surface area contributed by atoms with Gasteiger partial charge >= 0.3 is 0 Å². The lowest BCUT2D eigenvalue weighted by Crippen LogP contribution is -2.05. The third kappa shape index (κ3) is 2.87. The molecule has 0 aliphatic rings. The van der Waals surface area contributed by atoms with Gasteiger partial charge in [0.2, 0.25) is 11.8 Å². The van der Waals surface area contributed by atoms with Gasteiger partial charge in [0.15, 0.2) is 0 Å². The summed E-state index contributed by atoms with van der Waals surface area (Å²) in [5.41, 5.74) is 0.611. The molecule has 2 aromatic heterocycles. The van der Waals surface area contributed by atoms with Crippen molar-refractivity contribution < 1.29 is 9.13 Å². The molecule has 0 radical (unpaired) electrons. The Labute approximate surface area is 97.7 Å². The topological polar surface area (TPSA) is 59.9 Å². The van der Waals surface area contributed by atoms with Crippen molar-refractivity contribution in [3.8, 4) is 5.88 Å². The smallest absolute Gasteiger partial charge is 0.222 e. The van der Waals surface area contributed by atoms with E-state index in [0.29, 0.717) is 23.9 Å². The molecule has 0 atom stereocenters. The monoisotopic (exact) mass is 234 g/mol. The van der Waals surface area contributed by atoms with Crippen LogP contribution in [0, 0.1) is 5.82 Å². The number of hydrogen-bond acceptors (Lipinski definition) is 5. The number of rotatable bonds is 4. The molecule has 0 saturated carbocycles. The largest absolute Gasteiger partial charge is 0.481 e. The van der Waals surface area contributed by atoms with Crippen LogP contribution < -0.4 is 10.1 Å². The quantitative estimate of drug-likeness (QED) is 0.871. The molecule has 2 rings (SSSR count). The van der Waals surface area contributed by atoms with Gasteiger partial charge in [0.1, 0.15) is 5.82 Å². The molecule has 0 saturated heterocycles. The van der Waals surface area contributed by atoms with Crippen LogP contribution in [0.3, 0.4) is 0 Å². The first-order valence-electron chi connectivity index (χ1n) is 4.99. The minimum atomic E-state index is -0.406. The van der Waals surface area contributed by atoms with Gasteiger partial charge in [-0.1, -0.05) is 0 Å². The normalized spacial score (nSPS) is 10.0. The van der Waals surface area contributed by atoms with Crippen LogP contribution in [0.1, 0.15) is 5.56 Å². The van der Waals surface area contributed by atoms with Gasteiger partial charge in [-0.15, -0.1) is 0 Å². The second-order valence-corrected chi connectivity index (χ2v) is 3.25. The van der Waals surface area contributed by atoms with Gasteiger partial charge in [0.25, 0.3) is 0 Å². The molecule has 1 N–H and O–H groups in total. The zero-order valence-electron chi connectivity index (χ0n) is 9.22. The highest BCUT2D eigenvalue weighted by molar-refractivity contribution is 5.31. The molecule has 6 heteroatoms. The molecular formula is C11H11FN4O. The highest BCUT2D eigenvalue weighted by atomic mass is 19.1. The maximum Gasteiger partial charge on any atom is 0.222 e. The molecule has 2 aromatic rings. The first-order chi connectivity index (χ1) is 8.29. The number of nitrogens with one attached hydrogen (secondary N) is 1. The lowest BCUT2D eigenvalue weighted by atomic mass is 10.2. The number of ether oxygens (including phenoxy) is 1. The summed E-state index contributed by atoms with van der Waals surface area (Å²) < 4.78 is 18.1. The summed E-state index contributed by atoms with van der Waals surface area (Å²) in [7, 11) is 1.49. The summed E-state index contributed by atoms with van der Waals surface area (Å²) in [5.74, 6) is 0.449. The molecule has 0 aliphatic heterocycles. The lowest BCUT2D eigenvalue weighted by Gasteiger charge is -2.08. The van der Waals surface area contributed by atoms with Crippen molar-refractivity contribution >= 4 is 5.95 Å². The average Bonchev–Trinajstić information content (AvgIpc) is 2.38. The average molecular weight is 234 g/mol. The Bertz CT molecular complexity index is 492. The van der Waals surface area contributed by atoms with Gasteiger partial charge in [0.05, 0.1) is 13.3 Å². The van der Waals surface area contributed by atoms with E-state index in [9.17, 15) is 4.39 Å². The summed E-state index contributed by atoms with van der Waals surface area (Å²) in [4.78, 5) is 11.8. The molecule has 0 amide bonds. The van der Waals surface area contributed by atoms with Crippen LogP contribution >= 0.6 is 0 Å². The maximum absolute atomic E-state index is 13.0. The number of hydrogen-bond donors (Lipinski definition) is 1. The summed E-state index contributed by atoms with van der Waals surface area (Å²) >= 11 is 0. The zero-order valence-corrected chi connectivity index (χ0v) is 9.22. The number of aromatic nitrogens is 3. The van der Waals surface area contributed by atoms with Crippen LogP contribution in [-0.2, 0) is 6.54 Å². The van der Waals surface area contributed by atoms with Crippen molar-refractivity contribution in [3.63, 3.8) is 0 Å². The highest BCUT2D eigenvalue weighted by Crippen LogP contribution is 2.16. The molecule has 0 unspecified atom stereocenters. The molecular weight excluding hydrogens is 223 g/mol. The Morgan fingerprint density at radius 1 is 1.29 bits per heavy atom. The van der Waals surface area contributed by atoms with Crippen LogP contribution in [-0.4, -0.2) is 22.1 Å². The maximum atomic E-state index is 13.0. The Hall–Kier alpha value is -2.24. The molecule has 0 aliphatic carbocycles. The number of anilines is 1. The van der Waals surface area contributed by atoms with Crippen molar-refractivity contribution in [3.05, 3.63) is 42.1 Å². The standard InChI is InChI=1S/C11H11FN4O/c1-17-10-8(5-9(12)7-15-10)6-16-11-13-3-2-4-14-11/h2-5,7H,6H2,1H3,(H,13,14,16). The van der Waals surface area contributed by atoms with Crippen molar-refractivity contribution in [1.82, 2.24) is 15.0 Å². The Kier molecular flexibility index (Phi) is 3.44. The summed E-state index contributed by atoms with van der Waals surface area (Å²) in [6, 6.07) is 3.08. The molecule has 2 heterocycles. The van der Waals surface area contributed by atoms with Gasteiger partial charge in [0, 0.05) is 24.5 Å². The Morgan fingerprint density at radius 2 is 2.06 bits per heavy atom. The SMILES string of the molecule is COc1ncc(F)cc1CNc1ncccn1. The lowest BCUT2D eigenvalue weighted by molar-refractivity contribution is 0.391. The first kappa shape index (κ1) is 11.3. The fraction of sp³-hybridized carbons (Fsp3) is 0.182. The molecule has 0 spiro atoms. The fourth-order valence-electron chi connectivity index (χ4n) is 1.34. The molecule has 0 aromatic carbocycles. The second kappa shape index (κ2) is 5.20. The molecule has 17 heavy (non-hydrogen) atoms. The summed E-state index contributed by atoms with van der Waals surface area (Å²) in [6.45, 7) is 0.345. The van der Waals surface area contributed by atoms with Gasteiger partial charge in [-0.2, -0.15) is 0 Å². The third-order valence-corrected chi connectivity index (χ3v) is 2.09. The number of halogens is 1. The van der Waals surface area contributed by atoms with Gasteiger partial charge in [-0.05, 0) is 12.1 Å². The number of nitrogens with zero attached hydrogens (tertiary/aromatic N) is 3.